The number of hydrogen-bond acceptors (Lipinski definition) is 5. The summed E-state index contributed by atoms with van der Waals surface area (Å²) in [6.07, 6.45) is 9.30. The molecule has 1 aromatic rings. The van der Waals surface area contributed by atoms with Gasteiger partial charge in [0.25, 0.3) is 0 Å². The van der Waals surface area contributed by atoms with Crippen LogP contribution in [0, 0.1) is 5.92 Å². The smallest absolute Gasteiger partial charge is 0.240 e. The molecule has 5 nitrogen and oxygen atoms in total. The van der Waals surface area contributed by atoms with Crippen LogP contribution in [-0.2, 0) is 6.54 Å². The molecule has 2 heterocycles. The molecular formula is C16H25N3O2. The van der Waals surface area contributed by atoms with Gasteiger partial charge in [-0.1, -0.05) is 18.0 Å². The van der Waals surface area contributed by atoms with Gasteiger partial charge in [0.1, 0.15) is 0 Å². The predicted octanol–water partition coefficient (Wildman–Crippen LogP) is 2.46. The lowest BCUT2D eigenvalue weighted by atomic mass is 9.80. The largest absolute Gasteiger partial charge is 0.393 e. The van der Waals surface area contributed by atoms with Crippen molar-refractivity contribution in [2.75, 3.05) is 6.54 Å². The lowest BCUT2D eigenvalue weighted by Gasteiger charge is -2.36. The molecule has 4 rings (SSSR count). The molecule has 0 radical (unpaired) electrons. The Morgan fingerprint density at radius 3 is 2.76 bits per heavy atom. The third kappa shape index (κ3) is 2.86. The average Bonchev–Trinajstić information content (AvgIpc) is 3.07. The van der Waals surface area contributed by atoms with E-state index in [0.717, 1.165) is 31.2 Å². The summed E-state index contributed by atoms with van der Waals surface area (Å²) in [6, 6.07) is 0.497. The van der Waals surface area contributed by atoms with Gasteiger partial charge in [0.2, 0.25) is 5.89 Å². The molecule has 3 atom stereocenters. The number of aromatic nitrogens is 2. The van der Waals surface area contributed by atoms with Crippen molar-refractivity contribution in [3.63, 3.8) is 0 Å². The second kappa shape index (κ2) is 5.69. The zero-order chi connectivity index (χ0) is 14.2. The van der Waals surface area contributed by atoms with Gasteiger partial charge in [-0.2, -0.15) is 4.98 Å². The van der Waals surface area contributed by atoms with Crippen molar-refractivity contribution in [2.24, 2.45) is 5.92 Å². The van der Waals surface area contributed by atoms with Crippen LogP contribution in [0.5, 0.6) is 0 Å². The van der Waals surface area contributed by atoms with Crippen LogP contribution in [0.15, 0.2) is 4.52 Å². The zero-order valence-electron chi connectivity index (χ0n) is 12.6. The average molecular weight is 291 g/mol. The Balaban J connectivity index is 1.42. The Morgan fingerprint density at radius 2 is 1.95 bits per heavy atom. The number of hydrogen-bond donors (Lipinski definition) is 1. The second-order valence-electron chi connectivity index (χ2n) is 7.02. The third-order valence-electron chi connectivity index (χ3n) is 5.45. The first-order valence-corrected chi connectivity index (χ1v) is 8.56. The number of likely N-dealkylation sites (tertiary alicyclic amines) is 1. The summed E-state index contributed by atoms with van der Waals surface area (Å²) in [4.78, 5) is 7.01. The summed E-state index contributed by atoms with van der Waals surface area (Å²) in [7, 11) is 0. The molecule has 1 N–H and O–H groups in total. The van der Waals surface area contributed by atoms with Gasteiger partial charge >= 0.3 is 0 Å². The molecule has 0 aromatic carbocycles. The van der Waals surface area contributed by atoms with Crippen LogP contribution in [0.2, 0.25) is 0 Å². The normalized spacial score (nSPS) is 34.4. The van der Waals surface area contributed by atoms with Crippen molar-refractivity contribution in [3.8, 4) is 0 Å². The Hall–Kier alpha value is -0.940. The summed E-state index contributed by atoms with van der Waals surface area (Å²) in [6.45, 7) is 1.85. The van der Waals surface area contributed by atoms with E-state index in [0.29, 0.717) is 17.9 Å². The lowest BCUT2D eigenvalue weighted by molar-refractivity contribution is 0.0178. The van der Waals surface area contributed by atoms with E-state index in [1.54, 1.807) is 0 Å². The SMILES string of the molecule is OC1CCCCC1C1CCCN1Cc1nc(C2CC2)no1. The fraction of sp³-hybridized carbons (Fsp3) is 0.875. The second-order valence-corrected chi connectivity index (χ2v) is 7.02. The Bertz CT molecular complexity index is 486. The minimum atomic E-state index is -0.117. The summed E-state index contributed by atoms with van der Waals surface area (Å²) >= 11 is 0. The van der Waals surface area contributed by atoms with Gasteiger partial charge in [0.15, 0.2) is 5.82 Å². The number of nitrogens with zero attached hydrogens (tertiary/aromatic N) is 3. The van der Waals surface area contributed by atoms with E-state index < -0.39 is 0 Å². The Labute approximate surface area is 125 Å². The molecule has 3 unspecified atom stereocenters. The van der Waals surface area contributed by atoms with Gasteiger partial charge in [-0.15, -0.1) is 0 Å². The van der Waals surface area contributed by atoms with Crippen LogP contribution in [0.4, 0.5) is 0 Å². The first-order chi connectivity index (χ1) is 10.3. The van der Waals surface area contributed by atoms with E-state index in [2.05, 4.69) is 15.0 Å². The standard InChI is InChI=1S/C16H25N3O2/c20-14-6-2-1-4-12(14)13-5-3-9-19(13)10-15-17-16(18-21-15)11-7-8-11/h11-14,20H,1-10H2. The van der Waals surface area contributed by atoms with Crippen LogP contribution in [0.1, 0.15) is 69.0 Å². The van der Waals surface area contributed by atoms with Crippen molar-refractivity contribution >= 4 is 0 Å². The monoisotopic (exact) mass is 291 g/mol. The molecule has 0 amide bonds. The summed E-state index contributed by atoms with van der Waals surface area (Å²) < 4.78 is 5.43. The number of rotatable bonds is 4. The zero-order valence-corrected chi connectivity index (χ0v) is 12.6. The van der Waals surface area contributed by atoms with Crippen LogP contribution in [0.25, 0.3) is 0 Å². The highest BCUT2D eigenvalue weighted by atomic mass is 16.5. The fourth-order valence-corrected chi connectivity index (χ4v) is 4.14. The third-order valence-corrected chi connectivity index (χ3v) is 5.45. The van der Waals surface area contributed by atoms with Gasteiger partial charge < -0.3 is 9.63 Å². The topological polar surface area (TPSA) is 62.4 Å². The summed E-state index contributed by atoms with van der Waals surface area (Å²) in [5.74, 6) is 2.65. The highest BCUT2D eigenvalue weighted by Gasteiger charge is 2.37. The van der Waals surface area contributed by atoms with E-state index in [-0.39, 0.29) is 6.10 Å². The lowest BCUT2D eigenvalue weighted by Crippen LogP contribution is -2.42. The molecule has 3 aliphatic rings. The Kier molecular flexibility index (Phi) is 3.71. The highest BCUT2D eigenvalue weighted by molar-refractivity contribution is 5.03. The predicted molar refractivity (Wildman–Crippen MR) is 77.7 cm³/mol. The molecule has 2 saturated carbocycles. The van der Waals surface area contributed by atoms with E-state index >= 15 is 0 Å². The molecule has 1 saturated heterocycles. The van der Waals surface area contributed by atoms with Gasteiger partial charge in [-0.05, 0) is 45.1 Å². The molecule has 2 aliphatic carbocycles. The van der Waals surface area contributed by atoms with E-state index in [4.69, 9.17) is 4.52 Å². The van der Waals surface area contributed by atoms with Gasteiger partial charge in [-0.3, -0.25) is 4.90 Å². The molecule has 116 valence electrons. The molecular weight excluding hydrogens is 266 g/mol. The maximum atomic E-state index is 10.3. The molecule has 21 heavy (non-hydrogen) atoms. The summed E-state index contributed by atoms with van der Waals surface area (Å²) in [5, 5.41) is 14.4. The van der Waals surface area contributed by atoms with Crippen molar-refractivity contribution in [1.82, 2.24) is 15.0 Å². The van der Waals surface area contributed by atoms with Gasteiger partial charge in [0.05, 0.1) is 12.6 Å². The van der Waals surface area contributed by atoms with Crippen molar-refractivity contribution in [3.05, 3.63) is 11.7 Å². The summed E-state index contributed by atoms with van der Waals surface area (Å²) in [5.41, 5.74) is 0. The van der Waals surface area contributed by atoms with Crippen LogP contribution in [0.3, 0.4) is 0 Å². The first kappa shape index (κ1) is 13.7. The first-order valence-electron chi connectivity index (χ1n) is 8.56. The van der Waals surface area contributed by atoms with E-state index in [1.807, 2.05) is 0 Å². The maximum absolute atomic E-state index is 10.3. The molecule has 1 aliphatic heterocycles. The number of aliphatic hydroxyl groups is 1. The quantitative estimate of drug-likeness (QED) is 0.923. The van der Waals surface area contributed by atoms with Crippen LogP contribution >= 0.6 is 0 Å². The fourth-order valence-electron chi connectivity index (χ4n) is 4.14. The molecule has 0 bridgehead atoms. The molecule has 5 heteroatoms. The molecule has 1 aromatic heterocycles. The Morgan fingerprint density at radius 1 is 1.10 bits per heavy atom. The van der Waals surface area contributed by atoms with E-state index in [9.17, 15) is 5.11 Å². The van der Waals surface area contributed by atoms with Gasteiger partial charge in [0, 0.05) is 17.9 Å². The van der Waals surface area contributed by atoms with Crippen molar-refractivity contribution in [2.45, 2.75) is 76.0 Å². The highest BCUT2D eigenvalue weighted by Crippen LogP contribution is 2.39. The minimum Gasteiger partial charge on any atom is -0.393 e. The minimum absolute atomic E-state index is 0.117. The van der Waals surface area contributed by atoms with Crippen LogP contribution in [-0.4, -0.2) is 38.8 Å². The number of aliphatic hydroxyl groups excluding tert-OH is 1. The molecule has 0 spiro atoms. The van der Waals surface area contributed by atoms with Crippen molar-refractivity contribution < 1.29 is 9.63 Å². The van der Waals surface area contributed by atoms with E-state index in [1.165, 1.54) is 44.9 Å². The maximum Gasteiger partial charge on any atom is 0.240 e. The van der Waals surface area contributed by atoms with Crippen molar-refractivity contribution in [1.29, 1.82) is 0 Å². The molecule has 3 fully saturated rings. The van der Waals surface area contributed by atoms with Crippen LogP contribution < -0.4 is 0 Å². The van der Waals surface area contributed by atoms with Gasteiger partial charge in [-0.25, -0.2) is 0 Å².